The van der Waals surface area contributed by atoms with Gasteiger partial charge in [-0.3, -0.25) is 14.9 Å². The van der Waals surface area contributed by atoms with E-state index in [0.717, 1.165) is 30.3 Å². The summed E-state index contributed by atoms with van der Waals surface area (Å²) in [6, 6.07) is 7.57. The van der Waals surface area contributed by atoms with Crippen LogP contribution in [0.1, 0.15) is 41.0 Å². The molecule has 0 aliphatic carbocycles. The number of non-ortho nitro benzene ring substituents is 1. The quantitative estimate of drug-likeness (QED) is 0.273. The molecule has 39 heavy (non-hydrogen) atoms. The Morgan fingerprint density at radius 2 is 1.90 bits per heavy atom. The Balaban J connectivity index is 1.88. The molecule has 1 heterocycles. The first kappa shape index (κ1) is 29.6. The van der Waals surface area contributed by atoms with Gasteiger partial charge in [0.1, 0.15) is 10.6 Å². The molecule has 0 bridgehead atoms. The second-order valence-electron chi connectivity index (χ2n) is 9.02. The molecule has 0 aliphatic heterocycles. The zero-order valence-electron chi connectivity index (χ0n) is 21.4. The highest BCUT2D eigenvalue weighted by Crippen LogP contribution is 2.34. The highest BCUT2D eigenvalue weighted by Gasteiger charge is 2.30. The van der Waals surface area contributed by atoms with Gasteiger partial charge in [-0.25, -0.2) is 17.8 Å². The molecule has 1 amide bonds. The maximum atomic E-state index is 13.0. The van der Waals surface area contributed by atoms with E-state index in [1.807, 2.05) is 0 Å². The standard InChI is InChI=1S/C24H26F3N5O6S/c1-14(2)12-29-39(36,37)20-11-18(32(34)35)8-9-19(20)38-23-15(3)21(30-31(23)4)22(33)28-13-16-6-5-7-17(10-16)24(25,26)27/h5-11,14,29H,12-13H2,1-4H3,(H,28,33). The van der Waals surface area contributed by atoms with Crippen LogP contribution in [0.15, 0.2) is 47.4 Å². The normalized spacial score (nSPS) is 12.0. The van der Waals surface area contributed by atoms with E-state index in [4.69, 9.17) is 4.74 Å². The topological polar surface area (TPSA) is 145 Å². The molecule has 11 nitrogen and oxygen atoms in total. The van der Waals surface area contributed by atoms with Crippen molar-refractivity contribution in [1.29, 1.82) is 0 Å². The van der Waals surface area contributed by atoms with Crippen LogP contribution in [0.5, 0.6) is 11.6 Å². The third-order valence-electron chi connectivity index (χ3n) is 5.46. The number of aromatic nitrogens is 2. The molecule has 1 aromatic heterocycles. The van der Waals surface area contributed by atoms with Gasteiger partial charge < -0.3 is 10.1 Å². The number of hydrogen-bond donors (Lipinski definition) is 2. The predicted molar refractivity (Wildman–Crippen MR) is 134 cm³/mol. The van der Waals surface area contributed by atoms with Gasteiger partial charge in [0.2, 0.25) is 15.9 Å². The van der Waals surface area contributed by atoms with Crippen molar-refractivity contribution in [2.75, 3.05) is 6.54 Å². The maximum absolute atomic E-state index is 13.0. The number of aryl methyl sites for hydroxylation is 1. The maximum Gasteiger partial charge on any atom is 0.416 e. The second kappa shape index (κ2) is 11.4. The number of amides is 1. The number of nitrogens with zero attached hydrogens (tertiary/aromatic N) is 3. The van der Waals surface area contributed by atoms with E-state index < -0.39 is 43.2 Å². The molecule has 0 radical (unpaired) electrons. The molecule has 0 fully saturated rings. The Kier molecular flexibility index (Phi) is 8.65. The molecule has 0 saturated carbocycles. The van der Waals surface area contributed by atoms with Crippen molar-refractivity contribution < 1.29 is 36.0 Å². The molecule has 3 rings (SSSR count). The number of nitrogens with one attached hydrogen (secondary N) is 2. The summed E-state index contributed by atoms with van der Waals surface area (Å²) in [4.78, 5) is 22.8. The van der Waals surface area contributed by atoms with E-state index in [9.17, 15) is 36.5 Å². The number of carbonyl (C=O) groups excluding carboxylic acids is 1. The Hall–Kier alpha value is -3.98. The predicted octanol–water partition coefficient (Wildman–Crippen LogP) is 4.31. The van der Waals surface area contributed by atoms with Crippen LogP contribution in [0, 0.1) is 23.0 Å². The molecule has 0 atom stereocenters. The van der Waals surface area contributed by atoms with Crippen LogP contribution in [-0.2, 0) is 29.8 Å². The van der Waals surface area contributed by atoms with Crippen molar-refractivity contribution in [3.63, 3.8) is 0 Å². The van der Waals surface area contributed by atoms with Crippen LogP contribution in [0.25, 0.3) is 0 Å². The van der Waals surface area contributed by atoms with E-state index in [0.29, 0.717) is 0 Å². The summed E-state index contributed by atoms with van der Waals surface area (Å²) in [7, 11) is -2.79. The second-order valence-corrected chi connectivity index (χ2v) is 10.8. The molecular formula is C24H26F3N5O6S. The molecule has 210 valence electrons. The monoisotopic (exact) mass is 569 g/mol. The van der Waals surface area contributed by atoms with Gasteiger partial charge in [0.15, 0.2) is 5.69 Å². The van der Waals surface area contributed by atoms with Crippen LogP contribution in [0.2, 0.25) is 0 Å². The number of sulfonamides is 1. The summed E-state index contributed by atoms with van der Waals surface area (Å²) in [6.45, 7) is 4.92. The van der Waals surface area contributed by atoms with E-state index in [2.05, 4.69) is 15.1 Å². The Morgan fingerprint density at radius 3 is 2.51 bits per heavy atom. The molecule has 2 N–H and O–H groups in total. The first-order valence-corrected chi connectivity index (χ1v) is 13.0. The molecule has 0 aliphatic rings. The lowest BCUT2D eigenvalue weighted by atomic mass is 10.1. The van der Waals surface area contributed by atoms with E-state index >= 15 is 0 Å². The van der Waals surface area contributed by atoms with Gasteiger partial charge in [-0.1, -0.05) is 26.0 Å². The van der Waals surface area contributed by atoms with Crippen LogP contribution in [-0.4, -0.2) is 35.6 Å². The smallest absolute Gasteiger partial charge is 0.416 e. The summed E-state index contributed by atoms with van der Waals surface area (Å²) < 4.78 is 74.1. The summed E-state index contributed by atoms with van der Waals surface area (Å²) in [5.41, 5.74) is -1.00. The fourth-order valence-electron chi connectivity index (χ4n) is 3.46. The highest BCUT2D eigenvalue weighted by molar-refractivity contribution is 7.89. The summed E-state index contributed by atoms with van der Waals surface area (Å²) in [5, 5.41) is 17.9. The van der Waals surface area contributed by atoms with Gasteiger partial charge in [-0.2, -0.15) is 18.3 Å². The molecule has 2 aromatic carbocycles. The minimum atomic E-state index is -4.53. The van der Waals surface area contributed by atoms with Crippen molar-refractivity contribution in [2.45, 2.75) is 38.4 Å². The lowest BCUT2D eigenvalue weighted by molar-refractivity contribution is -0.385. The van der Waals surface area contributed by atoms with Crippen molar-refractivity contribution in [2.24, 2.45) is 13.0 Å². The molecule has 0 saturated heterocycles. The molecule has 15 heteroatoms. The zero-order valence-corrected chi connectivity index (χ0v) is 22.2. The summed E-state index contributed by atoms with van der Waals surface area (Å²) in [6.07, 6.45) is -4.53. The fraction of sp³-hybridized carbons (Fsp3) is 0.333. The van der Waals surface area contributed by atoms with Crippen LogP contribution in [0.4, 0.5) is 18.9 Å². The molecule has 0 unspecified atom stereocenters. The Bertz CT molecular complexity index is 1500. The highest BCUT2D eigenvalue weighted by atomic mass is 32.2. The number of nitro groups is 1. The summed E-state index contributed by atoms with van der Waals surface area (Å²) in [5.74, 6) is -1.00. The van der Waals surface area contributed by atoms with Gasteiger partial charge in [-0.15, -0.1) is 0 Å². The third-order valence-corrected chi connectivity index (χ3v) is 6.90. The fourth-order valence-corrected chi connectivity index (χ4v) is 4.82. The largest absolute Gasteiger partial charge is 0.438 e. The first-order chi connectivity index (χ1) is 18.1. The van der Waals surface area contributed by atoms with Gasteiger partial charge in [0, 0.05) is 37.8 Å². The van der Waals surface area contributed by atoms with Crippen molar-refractivity contribution in [3.8, 4) is 11.6 Å². The number of ether oxygens (including phenoxy) is 1. The Morgan fingerprint density at radius 1 is 1.21 bits per heavy atom. The number of halogens is 3. The SMILES string of the molecule is Cc1c(C(=O)NCc2cccc(C(F)(F)F)c2)nn(C)c1Oc1ccc([N+](=O)[O-])cc1S(=O)(=O)NCC(C)C. The van der Waals surface area contributed by atoms with Crippen LogP contribution >= 0.6 is 0 Å². The first-order valence-electron chi connectivity index (χ1n) is 11.5. The average Bonchev–Trinajstić information content (AvgIpc) is 3.14. The van der Waals surface area contributed by atoms with Gasteiger partial charge >= 0.3 is 6.18 Å². The number of carbonyl (C=O) groups is 1. The lowest BCUT2D eigenvalue weighted by Crippen LogP contribution is -2.28. The van der Waals surface area contributed by atoms with Crippen LogP contribution < -0.4 is 14.8 Å². The van der Waals surface area contributed by atoms with Crippen LogP contribution in [0.3, 0.4) is 0 Å². The van der Waals surface area contributed by atoms with E-state index in [1.165, 1.54) is 30.8 Å². The van der Waals surface area contributed by atoms with Gasteiger partial charge in [-0.05, 0) is 36.6 Å². The van der Waals surface area contributed by atoms with Crippen molar-refractivity contribution in [3.05, 3.63) is 75.0 Å². The van der Waals surface area contributed by atoms with Crippen molar-refractivity contribution in [1.82, 2.24) is 19.8 Å². The van der Waals surface area contributed by atoms with E-state index in [1.54, 1.807) is 13.8 Å². The zero-order chi connectivity index (χ0) is 29.1. The third kappa shape index (κ3) is 7.11. The van der Waals surface area contributed by atoms with Crippen molar-refractivity contribution >= 4 is 21.6 Å². The Labute approximate surface area is 222 Å². The number of nitro benzene ring substituents is 1. The van der Waals surface area contributed by atoms with E-state index in [-0.39, 0.29) is 47.5 Å². The molecular weight excluding hydrogens is 543 g/mol. The molecule has 0 spiro atoms. The molecule has 3 aromatic rings. The minimum Gasteiger partial charge on any atom is -0.438 e. The lowest BCUT2D eigenvalue weighted by Gasteiger charge is -2.14. The number of benzene rings is 2. The van der Waals surface area contributed by atoms with Gasteiger partial charge in [0.25, 0.3) is 11.6 Å². The average molecular weight is 570 g/mol. The van der Waals surface area contributed by atoms with Gasteiger partial charge in [0.05, 0.1) is 10.5 Å². The number of alkyl halides is 3. The summed E-state index contributed by atoms with van der Waals surface area (Å²) >= 11 is 0. The number of rotatable bonds is 10. The number of hydrogen-bond acceptors (Lipinski definition) is 7. The minimum absolute atomic E-state index is 0.0200.